The molecule has 1 aromatic rings. The largest absolute Gasteiger partial charge is 0.483 e. The molecule has 0 bridgehead atoms. The van der Waals surface area contributed by atoms with Crippen LogP contribution in [0.25, 0.3) is 0 Å². The van der Waals surface area contributed by atoms with Gasteiger partial charge in [-0.05, 0) is 18.6 Å². The normalized spacial score (nSPS) is 13.9. The Hall–Kier alpha value is -2.98. The summed E-state index contributed by atoms with van der Waals surface area (Å²) in [6.45, 7) is 2.85. The minimum absolute atomic E-state index is 0.110. The molecule has 1 aromatic carbocycles. The number of para-hydroxylation sites is 1. The standard InChI is InChI=1S/C19H26N4O6/c1-27-10-4-7-20-18(25)19(26)22-21-13-15-5-2-3-6-16(15)29-14-17(24)23-8-11-28-12-9-23/h2-3,5-6,13H,4,7-12,14H2,1H3,(H,20,25)(H,22,26)/b21-13-. The maximum Gasteiger partial charge on any atom is 0.329 e. The van der Waals surface area contributed by atoms with Gasteiger partial charge in [-0.15, -0.1) is 0 Å². The molecule has 0 radical (unpaired) electrons. The molecule has 2 N–H and O–H groups in total. The number of methoxy groups -OCH3 is 1. The van der Waals surface area contributed by atoms with Crippen molar-refractivity contribution in [1.82, 2.24) is 15.6 Å². The molecule has 0 saturated carbocycles. The highest BCUT2D eigenvalue weighted by molar-refractivity contribution is 6.35. The quantitative estimate of drug-likeness (QED) is 0.248. The van der Waals surface area contributed by atoms with Gasteiger partial charge in [0, 0.05) is 38.9 Å². The second-order valence-electron chi connectivity index (χ2n) is 6.12. The minimum atomic E-state index is -0.875. The fourth-order valence-corrected chi connectivity index (χ4v) is 2.47. The SMILES string of the molecule is COCCCNC(=O)C(=O)N/N=C\c1ccccc1OCC(=O)N1CCOCC1. The van der Waals surface area contributed by atoms with E-state index in [9.17, 15) is 14.4 Å². The van der Waals surface area contributed by atoms with Crippen LogP contribution in [0.3, 0.4) is 0 Å². The maximum atomic E-state index is 12.2. The van der Waals surface area contributed by atoms with Crippen LogP contribution >= 0.6 is 0 Å². The smallest absolute Gasteiger partial charge is 0.329 e. The maximum absolute atomic E-state index is 12.2. The molecule has 158 valence electrons. The minimum Gasteiger partial charge on any atom is -0.483 e. The number of hydrogen-bond acceptors (Lipinski definition) is 7. The fraction of sp³-hybridized carbons (Fsp3) is 0.474. The van der Waals surface area contributed by atoms with E-state index in [1.54, 1.807) is 36.3 Å². The van der Waals surface area contributed by atoms with Crippen LogP contribution < -0.4 is 15.5 Å². The molecule has 1 saturated heterocycles. The highest BCUT2D eigenvalue weighted by Gasteiger charge is 2.17. The zero-order valence-corrected chi connectivity index (χ0v) is 16.4. The number of ether oxygens (including phenoxy) is 3. The lowest BCUT2D eigenvalue weighted by atomic mass is 10.2. The molecule has 29 heavy (non-hydrogen) atoms. The summed E-state index contributed by atoms with van der Waals surface area (Å²) in [5.74, 6) is -1.34. The molecule has 0 aliphatic carbocycles. The number of benzene rings is 1. The molecule has 2 rings (SSSR count). The van der Waals surface area contributed by atoms with Crippen molar-refractivity contribution in [3.63, 3.8) is 0 Å². The molecular formula is C19H26N4O6. The number of nitrogens with zero attached hydrogens (tertiary/aromatic N) is 2. The van der Waals surface area contributed by atoms with E-state index < -0.39 is 11.8 Å². The van der Waals surface area contributed by atoms with E-state index in [1.165, 1.54) is 6.21 Å². The summed E-state index contributed by atoms with van der Waals surface area (Å²) in [6.07, 6.45) is 1.96. The van der Waals surface area contributed by atoms with Gasteiger partial charge in [-0.3, -0.25) is 14.4 Å². The van der Waals surface area contributed by atoms with Crippen molar-refractivity contribution >= 4 is 23.9 Å². The van der Waals surface area contributed by atoms with Gasteiger partial charge in [-0.2, -0.15) is 5.10 Å². The van der Waals surface area contributed by atoms with Gasteiger partial charge < -0.3 is 24.4 Å². The van der Waals surface area contributed by atoms with E-state index in [1.807, 2.05) is 0 Å². The molecular weight excluding hydrogens is 380 g/mol. The molecule has 0 unspecified atom stereocenters. The monoisotopic (exact) mass is 406 g/mol. The molecule has 0 spiro atoms. The van der Waals surface area contributed by atoms with Crippen LogP contribution in [0.15, 0.2) is 29.4 Å². The van der Waals surface area contributed by atoms with Crippen molar-refractivity contribution in [2.24, 2.45) is 5.10 Å². The molecule has 10 nitrogen and oxygen atoms in total. The first-order valence-electron chi connectivity index (χ1n) is 9.29. The number of morpholine rings is 1. The van der Waals surface area contributed by atoms with Gasteiger partial charge in [-0.25, -0.2) is 5.43 Å². The Balaban J connectivity index is 1.82. The summed E-state index contributed by atoms with van der Waals surface area (Å²) in [4.78, 5) is 37.2. The zero-order chi connectivity index (χ0) is 20.9. The van der Waals surface area contributed by atoms with Gasteiger partial charge in [0.15, 0.2) is 6.61 Å². The molecule has 3 amide bonds. The van der Waals surface area contributed by atoms with E-state index in [0.29, 0.717) is 57.2 Å². The third-order valence-corrected chi connectivity index (χ3v) is 4.02. The van der Waals surface area contributed by atoms with Crippen LogP contribution in [-0.2, 0) is 23.9 Å². The van der Waals surface area contributed by atoms with Gasteiger partial charge in [0.05, 0.1) is 19.4 Å². The lowest BCUT2D eigenvalue weighted by Crippen LogP contribution is -2.43. The first-order chi connectivity index (χ1) is 14.1. The van der Waals surface area contributed by atoms with E-state index in [2.05, 4.69) is 15.8 Å². The second kappa shape index (κ2) is 12.5. The van der Waals surface area contributed by atoms with E-state index in [0.717, 1.165) is 0 Å². The van der Waals surface area contributed by atoms with Crippen LogP contribution in [0.1, 0.15) is 12.0 Å². The van der Waals surface area contributed by atoms with Crippen molar-refractivity contribution < 1.29 is 28.6 Å². The van der Waals surface area contributed by atoms with Crippen LogP contribution in [0.2, 0.25) is 0 Å². The number of carbonyl (C=O) groups is 3. The first kappa shape index (κ1) is 22.3. The summed E-state index contributed by atoms with van der Waals surface area (Å²) in [5, 5.41) is 6.24. The van der Waals surface area contributed by atoms with Crippen LogP contribution in [0.4, 0.5) is 0 Å². The topological polar surface area (TPSA) is 119 Å². The average molecular weight is 406 g/mol. The number of rotatable bonds is 9. The molecule has 1 aliphatic heterocycles. The van der Waals surface area contributed by atoms with Gasteiger partial charge in [0.2, 0.25) is 0 Å². The third kappa shape index (κ3) is 7.88. The van der Waals surface area contributed by atoms with Crippen molar-refractivity contribution in [2.75, 3.05) is 53.2 Å². The Morgan fingerprint density at radius 3 is 2.72 bits per heavy atom. The third-order valence-electron chi connectivity index (χ3n) is 4.02. The average Bonchev–Trinajstić information content (AvgIpc) is 2.76. The highest BCUT2D eigenvalue weighted by Crippen LogP contribution is 2.16. The van der Waals surface area contributed by atoms with Gasteiger partial charge in [0.1, 0.15) is 5.75 Å². The van der Waals surface area contributed by atoms with E-state index >= 15 is 0 Å². The molecule has 0 aromatic heterocycles. The van der Waals surface area contributed by atoms with Crippen LogP contribution in [0, 0.1) is 0 Å². The lowest BCUT2D eigenvalue weighted by molar-refractivity contribution is -0.139. The Labute approximate surface area is 169 Å². The van der Waals surface area contributed by atoms with Crippen molar-refractivity contribution in [3.8, 4) is 5.75 Å². The number of amides is 3. The van der Waals surface area contributed by atoms with Gasteiger partial charge >= 0.3 is 11.8 Å². The summed E-state index contributed by atoms with van der Waals surface area (Å²) in [6, 6.07) is 6.94. The van der Waals surface area contributed by atoms with Gasteiger partial charge in [0.25, 0.3) is 5.91 Å². The number of hydrogen-bond donors (Lipinski definition) is 2. The van der Waals surface area contributed by atoms with E-state index in [4.69, 9.17) is 14.2 Å². The first-order valence-corrected chi connectivity index (χ1v) is 9.29. The number of nitrogens with one attached hydrogen (secondary N) is 2. The molecule has 1 aliphatic rings. The van der Waals surface area contributed by atoms with Crippen molar-refractivity contribution in [3.05, 3.63) is 29.8 Å². The van der Waals surface area contributed by atoms with Crippen molar-refractivity contribution in [2.45, 2.75) is 6.42 Å². The summed E-state index contributed by atoms with van der Waals surface area (Å²) in [7, 11) is 1.56. The number of hydrazone groups is 1. The number of carbonyl (C=O) groups excluding carboxylic acids is 3. The molecule has 0 atom stereocenters. The summed E-state index contributed by atoms with van der Waals surface area (Å²) in [5.41, 5.74) is 2.72. The van der Waals surface area contributed by atoms with E-state index in [-0.39, 0.29) is 12.5 Å². The van der Waals surface area contributed by atoms with Gasteiger partial charge in [-0.1, -0.05) is 12.1 Å². The lowest BCUT2D eigenvalue weighted by Gasteiger charge is -2.26. The molecule has 1 fully saturated rings. The molecule has 1 heterocycles. The molecule has 10 heteroatoms. The Bertz CT molecular complexity index is 718. The van der Waals surface area contributed by atoms with Crippen molar-refractivity contribution in [1.29, 1.82) is 0 Å². The summed E-state index contributed by atoms with van der Waals surface area (Å²) < 4.78 is 15.7. The predicted octanol–water partition coefficient (Wildman–Crippen LogP) is -0.473. The fourth-order valence-electron chi connectivity index (χ4n) is 2.47. The zero-order valence-electron chi connectivity index (χ0n) is 16.4. The Morgan fingerprint density at radius 1 is 1.21 bits per heavy atom. The van der Waals surface area contributed by atoms with Crippen LogP contribution in [0.5, 0.6) is 5.75 Å². The van der Waals surface area contributed by atoms with Crippen LogP contribution in [-0.4, -0.2) is 82.0 Å². The second-order valence-corrected chi connectivity index (χ2v) is 6.12. The highest BCUT2D eigenvalue weighted by atomic mass is 16.5. The summed E-state index contributed by atoms with van der Waals surface area (Å²) >= 11 is 0. The Kier molecular flexibility index (Phi) is 9.60. The Morgan fingerprint density at radius 2 is 1.97 bits per heavy atom. The predicted molar refractivity (Wildman–Crippen MR) is 105 cm³/mol.